The third-order valence-electron chi connectivity index (χ3n) is 4.45. The summed E-state index contributed by atoms with van der Waals surface area (Å²) in [5, 5.41) is 5.46. The normalized spacial score (nSPS) is 11.2. The summed E-state index contributed by atoms with van der Waals surface area (Å²) < 4.78 is 58.2. The SMILES string of the molecule is COc1cc(NC(=O)c2ccc(C(F)(F)F)cc2Nc2ccc(F)cc2C)cc(C)n1. The van der Waals surface area contributed by atoms with Crippen LogP contribution in [0.25, 0.3) is 0 Å². The van der Waals surface area contributed by atoms with Gasteiger partial charge in [0.1, 0.15) is 5.82 Å². The summed E-state index contributed by atoms with van der Waals surface area (Å²) in [5.41, 5.74) is 0.785. The number of rotatable bonds is 5. The Morgan fingerprint density at radius 3 is 2.39 bits per heavy atom. The summed E-state index contributed by atoms with van der Waals surface area (Å²) >= 11 is 0. The molecule has 0 atom stereocenters. The highest BCUT2D eigenvalue weighted by molar-refractivity contribution is 6.08. The van der Waals surface area contributed by atoms with Crippen LogP contribution in [-0.2, 0) is 6.18 Å². The largest absolute Gasteiger partial charge is 0.481 e. The van der Waals surface area contributed by atoms with Crippen molar-refractivity contribution in [2.24, 2.45) is 0 Å². The number of alkyl halides is 3. The quantitative estimate of drug-likeness (QED) is 0.495. The van der Waals surface area contributed by atoms with Crippen LogP contribution >= 0.6 is 0 Å². The number of benzene rings is 2. The number of pyridine rings is 1. The van der Waals surface area contributed by atoms with Gasteiger partial charge in [-0.15, -0.1) is 0 Å². The number of nitrogens with zero attached hydrogens (tertiary/aromatic N) is 1. The molecule has 0 aliphatic heterocycles. The fourth-order valence-corrected chi connectivity index (χ4v) is 2.95. The van der Waals surface area contributed by atoms with Gasteiger partial charge in [-0.25, -0.2) is 9.37 Å². The monoisotopic (exact) mass is 433 g/mol. The molecule has 3 aromatic rings. The molecule has 0 saturated heterocycles. The Balaban J connectivity index is 2.00. The van der Waals surface area contributed by atoms with E-state index in [2.05, 4.69) is 15.6 Å². The van der Waals surface area contributed by atoms with Crippen LogP contribution in [0.15, 0.2) is 48.5 Å². The van der Waals surface area contributed by atoms with E-state index in [0.717, 1.165) is 18.2 Å². The minimum Gasteiger partial charge on any atom is -0.481 e. The molecule has 0 aliphatic rings. The maximum Gasteiger partial charge on any atom is 0.416 e. The third kappa shape index (κ3) is 5.30. The van der Waals surface area contributed by atoms with E-state index in [-0.39, 0.29) is 17.1 Å². The van der Waals surface area contributed by atoms with Crippen LogP contribution in [-0.4, -0.2) is 18.0 Å². The zero-order chi connectivity index (χ0) is 22.8. The first kappa shape index (κ1) is 22.1. The number of carbonyl (C=O) groups is 1. The fraction of sp³-hybridized carbons (Fsp3) is 0.182. The van der Waals surface area contributed by atoms with Crippen molar-refractivity contribution in [3.05, 3.63) is 76.7 Å². The highest BCUT2D eigenvalue weighted by atomic mass is 19.4. The van der Waals surface area contributed by atoms with Gasteiger partial charge in [0, 0.05) is 23.1 Å². The van der Waals surface area contributed by atoms with Crippen molar-refractivity contribution in [1.82, 2.24) is 4.98 Å². The van der Waals surface area contributed by atoms with E-state index in [4.69, 9.17) is 4.74 Å². The van der Waals surface area contributed by atoms with Crippen molar-refractivity contribution in [3.8, 4) is 5.88 Å². The van der Waals surface area contributed by atoms with E-state index in [0.29, 0.717) is 22.6 Å². The van der Waals surface area contributed by atoms with Crippen LogP contribution < -0.4 is 15.4 Å². The van der Waals surface area contributed by atoms with Gasteiger partial charge in [-0.05, 0) is 61.9 Å². The Kier molecular flexibility index (Phi) is 6.14. The molecule has 3 rings (SSSR count). The van der Waals surface area contributed by atoms with Crippen LogP contribution in [0.4, 0.5) is 34.6 Å². The average molecular weight is 433 g/mol. The van der Waals surface area contributed by atoms with Crippen molar-refractivity contribution >= 4 is 23.0 Å². The summed E-state index contributed by atoms with van der Waals surface area (Å²) in [7, 11) is 1.43. The second-order valence-corrected chi connectivity index (χ2v) is 6.84. The number of amides is 1. The minimum absolute atomic E-state index is 0.0230. The number of hydrogen-bond donors (Lipinski definition) is 2. The van der Waals surface area contributed by atoms with E-state index in [9.17, 15) is 22.4 Å². The van der Waals surface area contributed by atoms with E-state index in [1.807, 2.05) is 0 Å². The molecule has 0 unspecified atom stereocenters. The number of anilines is 3. The van der Waals surface area contributed by atoms with Gasteiger partial charge in [-0.1, -0.05) is 0 Å². The summed E-state index contributed by atoms with van der Waals surface area (Å²) in [6.07, 6.45) is -4.60. The Morgan fingerprint density at radius 2 is 1.74 bits per heavy atom. The predicted octanol–water partition coefficient (Wildman–Crippen LogP) is 5.86. The number of methoxy groups -OCH3 is 1. The Bertz CT molecular complexity index is 1130. The van der Waals surface area contributed by atoms with Crippen LogP contribution in [0.3, 0.4) is 0 Å². The molecule has 1 aromatic heterocycles. The second-order valence-electron chi connectivity index (χ2n) is 6.84. The van der Waals surface area contributed by atoms with Crippen LogP contribution in [0, 0.1) is 19.7 Å². The van der Waals surface area contributed by atoms with Gasteiger partial charge in [0.2, 0.25) is 5.88 Å². The molecule has 9 heteroatoms. The van der Waals surface area contributed by atoms with Crippen molar-refractivity contribution in [1.29, 1.82) is 0 Å². The van der Waals surface area contributed by atoms with Gasteiger partial charge in [0.15, 0.2) is 0 Å². The minimum atomic E-state index is -4.60. The molecule has 0 aliphatic carbocycles. The van der Waals surface area contributed by atoms with Crippen molar-refractivity contribution in [2.75, 3.05) is 17.7 Å². The number of aryl methyl sites for hydroxylation is 2. The van der Waals surface area contributed by atoms with E-state index < -0.39 is 23.5 Å². The number of ether oxygens (including phenoxy) is 1. The number of nitrogens with one attached hydrogen (secondary N) is 2. The number of halogens is 4. The van der Waals surface area contributed by atoms with Crippen LogP contribution in [0.5, 0.6) is 5.88 Å². The molecular weight excluding hydrogens is 414 g/mol. The molecule has 0 fully saturated rings. The Morgan fingerprint density at radius 1 is 1.00 bits per heavy atom. The van der Waals surface area contributed by atoms with E-state index in [1.54, 1.807) is 19.9 Å². The standard InChI is InChI=1S/C22H19F4N3O2/c1-12-8-15(23)5-7-18(12)29-19-10-14(22(24,25)26)4-6-17(19)21(30)28-16-9-13(2)27-20(11-16)31-3/h4-11,29H,1-3H3,(H,27,28,30). The molecule has 31 heavy (non-hydrogen) atoms. The van der Waals surface area contributed by atoms with Crippen LogP contribution in [0.1, 0.15) is 27.2 Å². The lowest BCUT2D eigenvalue weighted by Crippen LogP contribution is -2.16. The summed E-state index contributed by atoms with van der Waals surface area (Å²) in [6, 6.07) is 9.66. The highest BCUT2D eigenvalue weighted by Gasteiger charge is 2.31. The molecule has 0 radical (unpaired) electrons. The van der Waals surface area contributed by atoms with Gasteiger partial charge >= 0.3 is 6.18 Å². The number of aromatic nitrogens is 1. The zero-order valence-electron chi connectivity index (χ0n) is 16.9. The first-order chi connectivity index (χ1) is 14.6. The van der Waals surface area contributed by atoms with Crippen molar-refractivity contribution in [3.63, 3.8) is 0 Å². The molecule has 0 saturated carbocycles. The predicted molar refractivity (Wildman–Crippen MR) is 109 cm³/mol. The Hall–Kier alpha value is -3.62. The van der Waals surface area contributed by atoms with Crippen LogP contribution in [0.2, 0.25) is 0 Å². The lowest BCUT2D eigenvalue weighted by atomic mass is 10.1. The summed E-state index contributed by atoms with van der Waals surface area (Å²) in [5.74, 6) is -0.835. The topological polar surface area (TPSA) is 63.2 Å². The lowest BCUT2D eigenvalue weighted by Gasteiger charge is -2.17. The van der Waals surface area contributed by atoms with Crippen molar-refractivity contribution < 1.29 is 27.1 Å². The van der Waals surface area contributed by atoms with Gasteiger partial charge in [0.25, 0.3) is 5.91 Å². The highest BCUT2D eigenvalue weighted by Crippen LogP contribution is 2.34. The molecular formula is C22H19F4N3O2. The molecule has 1 amide bonds. The first-order valence-electron chi connectivity index (χ1n) is 9.15. The average Bonchev–Trinajstić information content (AvgIpc) is 2.68. The fourth-order valence-electron chi connectivity index (χ4n) is 2.95. The van der Waals surface area contributed by atoms with Gasteiger partial charge in [0.05, 0.1) is 23.9 Å². The molecule has 1 heterocycles. The number of hydrogen-bond acceptors (Lipinski definition) is 4. The first-order valence-corrected chi connectivity index (χ1v) is 9.15. The van der Waals surface area contributed by atoms with Crippen molar-refractivity contribution in [2.45, 2.75) is 20.0 Å². The van der Waals surface area contributed by atoms with Gasteiger partial charge in [-0.3, -0.25) is 4.79 Å². The van der Waals surface area contributed by atoms with E-state index in [1.165, 1.54) is 31.4 Å². The zero-order valence-corrected chi connectivity index (χ0v) is 16.9. The Labute approximate surface area is 176 Å². The van der Waals surface area contributed by atoms with E-state index >= 15 is 0 Å². The number of carbonyl (C=O) groups excluding carboxylic acids is 1. The maximum absolute atomic E-state index is 13.4. The smallest absolute Gasteiger partial charge is 0.416 e. The molecule has 0 spiro atoms. The maximum atomic E-state index is 13.4. The van der Waals surface area contributed by atoms with Gasteiger partial charge in [-0.2, -0.15) is 13.2 Å². The van der Waals surface area contributed by atoms with Gasteiger partial charge < -0.3 is 15.4 Å². The summed E-state index contributed by atoms with van der Waals surface area (Å²) in [6.45, 7) is 3.31. The second kappa shape index (κ2) is 8.63. The third-order valence-corrected chi connectivity index (χ3v) is 4.45. The summed E-state index contributed by atoms with van der Waals surface area (Å²) in [4.78, 5) is 17.0. The molecule has 2 N–H and O–H groups in total. The molecule has 2 aromatic carbocycles. The lowest BCUT2D eigenvalue weighted by molar-refractivity contribution is -0.137. The molecule has 5 nitrogen and oxygen atoms in total. The molecule has 162 valence electrons. The molecule has 0 bridgehead atoms.